The first-order valence-corrected chi connectivity index (χ1v) is 9.14. The van der Waals surface area contributed by atoms with Crippen molar-refractivity contribution in [3.63, 3.8) is 0 Å². The van der Waals surface area contributed by atoms with Crippen LogP contribution in [0.4, 0.5) is 0 Å². The Labute approximate surface area is 138 Å². The van der Waals surface area contributed by atoms with Gasteiger partial charge in [0.1, 0.15) is 0 Å². The second-order valence-corrected chi connectivity index (χ2v) is 7.41. The minimum absolute atomic E-state index is 0.449. The molecule has 23 heavy (non-hydrogen) atoms. The molecule has 2 atom stereocenters. The molecule has 6 nitrogen and oxygen atoms in total. The summed E-state index contributed by atoms with van der Waals surface area (Å²) < 4.78 is 11.7. The summed E-state index contributed by atoms with van der Waals surface area (Å²) >= 11 is 0. The van der Waals surface area contributed by atoms with Gasteiger partial charge in [0, 0.05) is 31.7 Å². The lowest BCUT2D eigenvalue weighted by molar-refractivity contribution is -0.00284. The SMILES string of the molecule is CN(Cc1nnc(C2CC2)o1)C1CCN(CC2CCCCO2)C1. The van der Waals surface area contributed by atoms with E-state index in [2.05, 4.69) is 27.0 Å². The summed E-state index contributed by atoms with van der Waals surface area (Å²) in [4.78, 5) is 4.92. The highest BCUT2D eigenvalue weighted by Gasteiger charge is 2.31. The summed E-state index contributed by atoms with van der Waals surface area (Å²) in [5.41, 5.74) is 0. The maximum atomic E-state index is 5.87. The molecule has 0 bridgehead atoms. The summed E-state index contributed by atoms with van der Waals surface area (Å²) in [6.07, 6.45) is 7.86. The molecule has 1 saturated carbocycles. The van der Waals surface area contributed by atoms with E-state index in [1.807, 2.05) is 0 Å². The van der Waals surface area contributed by atoms with Gasteiger partial charge in [-0.25, -0.2) is 0 Å². The van der Waals surface area contributed by atoms with Crippen LogP contribution in [0.15, 0.2) is 4.42 Å². The summed E-state index contributed by atoms with van der Waals surface area (Å²) in [6, 6.07) is 0.579. The lowest BCUT2D eigenvalue weighted by Crippen LogP contribution is -2.38. The van der Waals surface area contributed by atoms with Gasteiger partial charge in [-0.2, -0.15) is 0 Å². The number of hydrogen-bond donors (Lipinski definition) is 0. The third-order valence-electron chi connectivity index (χ3n) is 5.40. The Morgan fingerprint density at radius 3 is 2.87 bits per heavy atom. The van der Waals surface area contributed by atoms with Crippen molar-refractivity contribution < 1.29 is 9.15 Å². The van der Waals surface area contributed by atoms with Gasteiger partial charge < -0.3 is 9.15 Å². The zero-order valence-electron chi connectivity index (χ0n) is 14.1. The number of hydrogen-bond acceptors (Lipinski definition) is 6. The molecule has 3 aliphatic rings. The normalized spacial score (nSPS) is 29.5. The first-order chi connectivity index (χ1) is 11.3. The van der Waals surface area contributed by atoms with E-state index in [9.17, 15) is 0 Å². The Bertz CT molecular complexity index is 510. The largest absolute Gasteiger partial charge is 0.424 e. The van der Waals surface area contributed by atoms with E-state index in [4.69, 9.17) is 9.15 Å². The van der Waals surface area contributed by atoms with Crippen LogP contribution >= 0.6 is 0 Å². The molecular formula is C17H28N4O2. The monoisotopic (exact) mass is 320 g/mol. The molecular weight excluding hydrogens is 292 g/mol. The number of rotatable bonds is 6. The number of aromatic nitrogens is 2. The van der Waals surface area contributed by atoms with Gasteiger partial charge in [-0.05, 0) is 52.1 Å². The van der Waals surface area contributed by atoms with E-state index in [0.29, 0.717) is 18.1 Å². The first-order valence-electron chi connectivity index (χ1n) is 9.14. The van der Waals surface area contributed by atoms with Gasteiger partial charge >= 0.3 is 0 Å². The molecule has 0 amide bonds. The van der Waals surface area contributed by atoms with Crippen LogP contribution in [0.2, 0.25) is 0 Å². The number of likely N-dealkylation sites (tertiary alicyclic amines) is 1. The van der Waals surface area contributed by atoms with Gasteiger partial charge in [-0.15, -0.1) is 10.2 Å². The van der Waals surface area contributed by atoms with Crippen LogP contribution < -0.4 is 0 Å². The van der Waals surface area contributed by atoms with Crippen molar-refractivity contribution in [1.29, 1.82) is 0 Å². The molecule has 2 saturated heterocycles. The maximum absolute atomic E-state index is 5.87. The van der Waals surface area contributed by atoms with E-state index < -0.39 is 0 Å². The highest BCUT2D eigenvalue weighted by Crippen LogP contribution is 2.39. The number of nitrogens with zero attached hydrogens (tertiary/aromatic N) is 4. The summed E-state index contributed by atoms with van der Waals surface area (Å²) in [5.74, 6) is 2.15. The Morgan fingerprint density at radius 1 is 1.17 bits per heavy atom. The van der Waals surface area contributed by atoms with Gasteiger partial charge in [-0.1, -0.05) is 0 Å². The molecule has 1 aliphatic carbocycles. The van der Waals surface area contributed by atoms with Gasteiger partial charge in [0.15, 0.2) is 0 Å². The van der Waals surface area contributed by atoms with Crippen LogP contribution in [0, 0.1) is 0 Å². The molecule has 2 unspecified atom stereocenters. The van der Waals surface area contributed by atoms with Crippen LogP contribution in [0.3, 0.4) is 0 Å². The van der Waals surface area contributed by atoms with Crippen LogP contribution in [-0.4, -0.2) is 65.4 Å². The summed E-state index contributed by atoms with van der Waals surface area (Å²) in [7, 11) is 2.17. The highest BCUT2D eigenvalue weighted by molar-refractivity contribution is 5.00. The quantitative estimate of drug-likeness (QED) is 0.799. The van der Waals surface area contributed by atoms with E-state index in [-0.39, 0.29) is 0 Å². The second kappa shape index (κ2) is 6.87. The molecule has 3 heterocycles. The van der Waals surface area contributed by atoms with Gasteiger partial charge in [0.05, 0.1) is 12.6 Å². The molecule has 0 radical (unpaired) electrons. The summed E-state index contributed by atoms with van der Waals surface area (Å²) in [6.45, 7) is 5.10. The standard InChI is InChI=1S/C17H28N4O2/c1-20(12-16-18-19-17(23-16)13-5-6-13)14-7-8-21(10-14)11-15-4-2-3-9-22-15/h13-15H,2-12H2,1H3. The van der Waals surface area contributed by atoms with Crippen molar-refractivity contribution in [3.05, 3.63) is 11.8 Å². The zero-order chi connectivity index (χ0) is 15.6. The molecule has 1 aromatic heterocycles. The fraction of sp³-hybridized carbons (Fsp3) is 0.882. The Balaban J connectivity index is 1.24. The highest BCUT2D eigenvalue weighted by atomic mass is 16.5. The fourth-order valence-corrected chi connectivity index (χ4v) is 3.75. The molecule has 0 N–H and O–H groups in total. The predicted molar refractivity (Wildman–Crippen MR) is 86.2 cm³/mol. The van der Waals surface area contributed by atoms with Crippen molar-refractivity contribution in [2.24, 2.45) is 0 Å². The Kier molecular flexibility index (Phi) is 4.64. The second-order valence-electron chi connectivity index (χ2n) is 7.41. The molecule has 0 aromatic carbocycles. The smallest absolute Gasteiger partial charge is 0.230 e. The number of ether oxygens (including phenoxy) is 1. The molecule has 3 fully saturated rings. The zero-order valence-corrected chi connectivity index (χ0v) is 14.1. The van der Waals surface area contributed by atoms with Crippen molar-refractivity contribution >= 4 is 0 Å². The van der Waals surface area contributed by atoms with E-state index in [0.717, 1.165) is 38.0 Å². The van der Waals surface area contributed by atoms with Gasteiger partial charge in [0.25, 0.3) is 0 Å². The molecule has 2 aliphatic heterocycles. The predicted octanol–water partition coefficient (Wildman–Crippen LogP) is 2.02. The van der Waals surface area contributed by atoms with E-state index >= 15 is 0 Å². The Hall–Kier alpha value is -0.980. The van der Waals surface area contributed by atoms with Crippen molar-refractivity contribution in [1.82, 2.24) is 20.0 Å². The molecule has 128 valence electrons. The Morgan fingerprint density at radius 2 is 2.09 bits per heavy atom. The maximum Gasteiger partial charge on any atom is 0.230 e. The van der Waals surface area contributed by atoms with Crippen LogP contribution in [0.25, 0.3) is 0 Å². The lowest BCUT2D eigenvalue weighted by Gasteiger charge is -2.28. The average molecular weight is 320 g/mol. The third kappa shape index (κ3) is 3.92. The molecule has 1 aromatic rings. The van der Waals surface area contributed by atoms with Crippen molar-refractivity contribution in [3.8, 4) is 0 Å². The summed E-state index contributed by atoms with van der Waals surface area (Å²) in [5, 5.41) is 8.39. The van der Waals surface area contributed by atoms with Crippen molar-refractivity contribution in [2.45, 2.75) is 63.1 Å². The minimum atomic E-state index is 0.449. The molecule has 0 spiro atoms. The van der Waals surface area contributed by atoms with Crippen molar-refractivity contribution in [2.75, 3.05) is 33.3 Å². The van der Waals surface area contributed by atoms with Crippen LogP contribution in [0.1, 0.15) is 56.2 Å². The third-order valence-corrected chi connectivity index (χ3v) is 5.40. The van der Waals surface area contributed by atoms with E-state index in [1.165, 1.54) is 45.1 Å². The van der Waals surface area contributed by atoms with Gasteiger partial charge in [-0.3, -0.25) is 9.80 Å². The average Bonchev–Trinajstić information content (AvgIpc) is 3.13. The van der Waals surface area contributed by atoms with Crippen LogP contribution in [-0.2, 0) is 11.3 Å². The number of likely N-dealkylation sites (N-methyl/N-ethyl adjacent to an activating group) is 1. The topological polar surface area (TPSA) is 54.6 Å². The van der Waals surface area contributed by atoms with Gasteiger partial charge in [0.2, 0.25) is 11.8 Å². The van der Waals surface area contributed by atoms with Crippen LogP contribution in [0.5, 0.6) is 0 Å². The molecule has 6 heteroatoms. The first kappa shape index (κ1) is 15.5. The van der Waals surface area contributed by atoms with E-state index in [1.54, 1.807) is 0 Å². The fourth-order valence-electron chi connectivity index (χ4n) is 3.75. The molecule has 4 rings (SSSR count). The minimum Gasteiger partial charge on any atom is -0.424 e. The lowest BCUT2D eigenvalue weighted by atomic mass is 10.1.